The van der Waals surface area contributed by atoms with E-state index in [1.54, 1.807) is 12.1 Å². The van der Waals surface area contributed by atoms with Gasteiger partial charge in [0.05, 0.1) is 12.3 Å². The lowest BCUT2D eigenvalue weighted by Crippen LogP contribution is -2.39. The summed E-state index contributed by atoms with van der Waals surface area (Å²) in [5, 5.41) is 0. The van der Waals surface area contributed by atoms with E-state index in [4.69, 9.17) is 17.3 Å². The van der Waals surface area contributed by atoms with Crippen LogP contribution in [0, 0.1) is 0 Å². The number of amides is 1. The molecule has 5 nitrogen and oxygen atoms in total. The number of sulfonamides is 1. The molecule has 1 aromatic carbocycles. The van der Waals surface area contributed by atoms with E-state index in [-0.39, 0.29) is 18.8 Å². The van der Waals surface area contributed by atoms with E-state index in [1.807, 2.05) is 12.1 Å². The van der Waals surface area contributed by atoms with Gasteiger partial charge in [0.1, 0.15) is 0 Å². The van der Waals surface area contributed by atoms with Gasteiger partial charge in [-0.2, -0.15) is 4.31 Å². The van der Waals surface area contributed by atoms with Gasteiger partial charge in [-0.05, 0) is 30.5 Å². The lowest BCUT2D eigenvalue weighted by molar-refractivity contribution is -0.118. The molecule has 0 aliphatic carbocycles. The smallest absolute Gasteiger partial charge is 0.232 e. The summed E-state index contributed by atoms with van der Waals surface area (Å²) in [6.45, 7) is -0.196. The Labute approximate surface area is 138 Å². The quantitative estimate of drug-likeness (QED) is 0.512. The van der Waals surface area contributed by atoms with Gasteiger partial charge in [-0.25, -0.2) is 8.42 Å². The second-order valence-electron chi connectivity index (χ2n) is 4.57. The minimum atomic E-state index is -3.54. The third-order valence-corrected chi connectivity index (χ3v) is 5.43. The van der Waals surface area contributed by atoms with E-state index in [0.29, 0.717) is 18.7 Å². The van der Waals surface area contributed by atoms with Crippen LogP contribution in [0.5, 0.6) is 0 Å². The van der Waals surface area contributed by atoms with Crippen LogP contribution in [-0.2, 0) is 21.4 Å². The molecule has 0 spiro atoms. The zero-order chi connectivity index (χ0) is 15.9. The summed E-state index contributed by atoms with van der Waals surface area (Å²) in [5.74, 6) is -0.297. The molecule has 1 amide bonds. The third-order valence-electron chi connectivity index (χ3n) is 2.78. The van der Waals surface area contributed by atoms with Crippen molar-refractivity contribution in [2.75, 3.05) is 18.2 Å². The standard InChI is InChI=1S/C13H18BrClN2O3S/c14-12-5-3-11(4-6-12)9-17(10-13(16)18)21(19,20)8-2-1-7-15/h3-6H,1-2,7-10H2,(H2,16,18). The second kappa shape index (κ2) is 8.73. The average Bonchev–Trinajstić information content (AvgIpc) is 2.40. The molecular formula is C13H18BrClN2O3S. The number of nitrogens with zero attached hydrogens (tertiary/aromatic N) is 1. The number of hydrogen-bond donors (Lipinski definition) is 1. The first-order valence-corrected chi connectivity index (χ1v) is 9.35. The fourth-order valence-electron chi connectivity index (χ4n) is 1.73. The minimum Gasteiger partial charge on any atom is -0.369 e. The van der Waals surface area contributed by atoms with Crippen molar-refractivity contribution in [3.63, 3.8) is 0 Å². The van der Waals surface area contributed by atoms with Crippen LogP contribution in [-0.4, -0.2) is 36.8 Å². The topological polar surface area (TPSA) is 80.5 Å². The van der Waals surface area contributed by atoms with Crippen molar-refractivity contribution in [2.24, 2.45) is 5.73 Å². The number of nitrogens with two attached hydrogens (primary N) is 1. The Bertz CT molecular complexity index is 563. The Kier molecular flexibility index (Phi) is 7.65. The van der Waals surface area contributed by atoms with E-state index >= 15 is 0 Å². The number of hydrogen-bond acceptors (Lipinski definition) is 3. The molecule has 1 rings (SSSR count). The van der Waals surface area contributed by atoms with Crippen LogP contribution >= 0.6 is 27.5 Å². The van der Waals surface area contributed by atoms with Gasteiger partial charge in [0.2, 0.25) is 15.9 Å². The summed E-state index contributed by atoms with van der Waals surface area (Å²) in [4.78, 5) is 11.1. The Hall–Kier alpha value is -0.630. The molecule has 0 unspecified atom stereocenters. The Balaban J connectivity index is 2.84. The van der Waals surface area contributed by atoms with Crippen LogP contribution in [0.4, 0.5) is 0 Å². The molecule has 21 heavy (non-hydrogen) atoms. The normalized spacial score (nSPS) is 11.8. The summed E-state index contributed by atoms with van der Waals surface area (Å²) in [6, 6.07) is 7.23. The summed E-state index contributed by atoms with van der Waals surface area (Å²) in [7, 11) is -3.54. The first-order chi connectivity index (χ1) is 9.85. The molecule has 0 radical (unpaired) electrons. The summed E-state index contributed by atoms with van der Waals surface area (Å²) < 4.78 is 26.6. The molecule has 2 N–H and O–H groups in total. The highest BCUT2D eigenvalue weighted by atomic mass is 79.9. The maximum absolute atomic E-state index is 12.3. The molecule has 0 atom stereocenters. The van der Waals surface area contributed by atoms with Gasteiger partial charge in [-0.1, -0.05) is 28.1 Å². The summed E-state index contributed by atoms with van der Waals surface area (Å²) in [5.41, 5.74) is 5.94. The molecule has 8 heteroatoms. The number of benzene rings is 1. The Morgan fingerprint density at radius 3 is 2.38 bits per heavy atom. The van der Waals surface area contributed by atoms with Crippen LogP contribution in [0.25, 0.3) is 0 Å². The van der Waals surface area contributed by atoms with Crippen LogP contribution in [0.2, 0.25) is 0 Å². The van der Waals surface area contributed by atoms with Gasteiger partial charge in [-0.15, -0.1) is 11.6 Å². The van der Waals surface area contributed by atoms with E-state index in [0.717, 1.165) is 14.3 Å². The lowest BCUT2D eigenvalue weighted by Gasteiger charge is -2.21. The number of rotatable bonds is 9. The average molecular weight is 398 g/mol. The maximum atomic E-state index is 12.3. The highest BCUT2D eigenvalue weighted by molar-refractivity contribution is 9.10. The zero-order valence-corrected chi connectivity index (χ0v) is 14.6. The number of carbonyl (C=O) groups excluding carboxylic acids is 1. The van der Waals surface area contributed by atoms with Gasteiger partial charge < -0.3 is 5.73 Å². The number of halogens is 2. The first-order valence-electron chi connectivity index (χ1n) is 6.41. The van der Waals surface area contributed by atoms with E-state index in [1.165, 1.54) is 0 Å². The predicted molar refractivity (Wildman–Crippen MR) is 87.5 cm³/mol. The van der Waals surface area contributed by atoms with E-state index in [2.05, 4.69) is 15.9 Å². The number of unbranched alkanes of at least 4 members (excludes halogenated alkanes) is 1. The van der Waals surface area contributed by atoms with E-state index in [9.17, 15) is 13.2 Å². The fourth-order valence-corrected chi connectivity index (χ4v) is 3.68. The Morgan fingerprint density at radius 1 is 1.24 bits per heavy atom. The number of carbonyl (C=O) groups is 1. The monoisotopic (exact) mass is 396 g/mol. The molecule has 0 fully saturated rings. The van der Waals surface area contributed by atoms with E-state index < -0.39 is 15.9 Å². The van der Waals surface area contributed by atoms with Crippen LogP contribution in [0.3, 0.4) is 0 Å². The molecule has 0 aliphatic rings. The third kappa shape index (κ3) is 6.78. The molecule has 0 bridgehead atoms. The number of alkyl halides is 1. The van der Waals surface area contributed by atoms with Gasteiger partial charge in [0.25, 0.3) is 0 Å². The van der Waals surface area contributed by atoms with Crippen molar-refractivity contribution in [1.82, 2.24) is 4.31 Å². The molecule has 0 aliphatic heterocycles. The molecule has 0 saturated heterocycles. The summed E-state index contributed by atoms with van der Waals surface area (Å²) in [6.07, 6.45) is 1.07. The highest BCUT2D eigenvalue weighted by Crippen LogP contribution is 2.15. The fraction of sp³-hybridized carbons (Fsp3) is 0.462. The lowest BCUT2D eigenvalue weighted by atomic mass is 10.2. The minimum absolute atomic E-state index is 0.0382. The van der Waals surface area contributed by atoms with Crippen molar-refractivity contribution < 1.29 is 13.2 Å². The summed E-state index contributed by atoms with van der Waals surface area (Å²) >= 11 is 8.87. The van der Waals surface area contributed by atoms with Gasteiger partial charge >= 0.3 is 0 Å². The number of primary amides is 1. The maximum Gasteiger partial charge on any atom is 0.232 e. The SMILES string of the molecule is NC(=O)CN(Cc1ccc(Br)cc1)S(=O)(=O)CCCCCl. The molecule has 118 valence electrons. The molecule has 1 aromatic rings. The highest BCUT2D eigenvalue weighted by Gasteiger charge is 2.23. The molecule has 0 aromatic heterocycles. The zero-order valence-electron chi connectivity index (χ0n) is 11.5. The molecule has 0 heterocycles. The van der Waals surface area contributed by atoms with Gasteiger partial charge in [-0.3, -0.25) is 4.79 Å². The van der Waals surface area contributed by atoms with Crippen molar-refractivity contribution >= 4 is 43.5 Å². The van der Waals surface area contributed by atoms with Crippen molar-refractivity contribution in [2.45, 2.75) is 19.4 Å². The second-order valence-corrected chi connectivity index (χ2v) is 7.96. The van der Waals surface area contributed by atoms with Crippen molar-refractivity contribution in [3.8, 4) is 0 Å². The van der Waals surface area contributed by atoms with Gasteiger partial charge in [0, 0.05) is 16.9 Å². The first kappa shape index (κ1) is 18.4. The van der Waals surface area contributed by atoms with Crippen LogP contribution in [0.15, 0.2) is 28.7 Å². The molecular weight excluding hydrogens is 380 g/mol. The molecule has 0 saturated carbocycles. The van der Waals surface area contributed by atoms with Crippen LogP contribution in [0.1, 0.15) is 18.4 Å². The largest absolute Gasteiger partial charge is 0.369 e. The van der Waals surface area contributed by atoms with Gasteiger partial charge in [0.15, 0.2) is 0 Å². The van der Waals surface area contributed by atoms with Crippen LogP contribution < -0.4 is 5.73 Å². The van der Waals surface area contributed by atoms with Crippen molar-refractivity contribution in [1.29, 1.82) is 0 Å². The predicted octanol–water partition coefficient (Wildman–Crippen LogP) is 2.09. The van der Waals surface area contributed by atoms with Crippen molar-refractivity contribution in [3.05, 3.63) is 34.3 Å². The Morgan fingerprint density at radius 2 is 1.86 bits per heavy atom.